The highest BCUT2D eigenvalue weighted by Gasteiger charge is 2.21. The van der Waals surface area contributed by atoms with Crippen molar-refractivity contribution in [2.24, 2.45) is 0 Å². The van der Waals surface area contributed by atoms with Gasteiger partial charge >= 0.3 is 0 Å². The summed E-state index contributed by atoms with van der Waals surface area (Å²) in [5, 5.41) is 12.3. The van der Waals surface area contributed by atoms with Crippen LogP contribution in [0.2, 0.25) is 0 Å². The summed E-state index contributed by atoms with van der Waals surface area (Å²) >= 11 is 0. The fraction of sp³-hybridized carbons (Fsp3) is 0.500. The average molecular weight is 256 g/mol. The molecule has 0 aliphatic heterocycles. The summed E-state index contributed by atoms with van der Waals surface area (Å²) in [6.45, 7) is 1.98. The lowest BCUT2D eigenvalue weighted by molar-refractivity contribution is -0.121. The lowest BCUT2D eigenvalue weighted by Crippen LogP contribution is -2.33. The first-order valence-electron chi connectivity index (χ1n) is 6.95. The monoisotopic (exact) mass is 256 g/mol. The molecule has 100 valence electrons. The van der Waals surface area contributed by atoms with Crippen LogP contribution in [0.25, 0.3) is 0 Å². The number of hydrogen-bond donors (Lipinski definition) is 1. The molecule has 1 aliphatic carbocycles. The number of hydrogen-bond acceptors (Lipinski definition) is 2. The van der Waals surface area contributed by atoms with Gasteiger partial charge in [-0.05, 0) is 30.9 Å². The van der Waals surface area contributed by atoms with Gasteiger partial charge in [-0.25, -0.2) is 0 Å². The zero-order valence-corrected chi connectivity index (χ0v) is 11.4. The van der Waals surface area contributed by atoms with Gasteiger partial charge in [0.2, 0.25) is 5.91 Å². The van der Waals surface area contributed by atoms with Crippen molar-refractivity contribution < 1.29 is 4.79 Å². The number of benzene rings is 1. The third kappa shape index (κ3) is 3.57. The van der Waals surface area contributed by atoms with Crippen molar-refractivity contribution >= 4 is 5.91 Å². The summed E-state index contributed by atoms with van der Waals surface area (Å²) < 4.78 is 0. The Kier molecular flexibility index (Phi) is 4.57. The van der Waals surface area contributed by atoms with Crippen LogP contribution < -0.4 is 5.32 Å². The number of nitriles is 1. The smallest absolute Gasteiger partial charge is 0.221 e. The summed E-state index contributed by atoms with van der Waals surface area (Å²) in [7, 11) is 0. The van der Waals surface area contributed by atoms with Crippen LogP contribution >= 0.6 is 0 Å². The van der Waals surface area contributed by atoms with Crippen LogP contribution in [-0.2, 0) is 4.79 Å². The predicted molar refractivity (Wildman–Crippen MR) is 74.5 cm³/mol. The van der Waals surface area contributed by atoms with Crippen LogP contribution in [0.5, 0.6) is 0 Å². The molecular formula is C16H20N2O. The summed E-state index contributed by atoms with van der Waals surface area (Å²) in [5.74, 6) is -0.343. The van der Waals surface area contributed by atoms with Crippen molar-refractivity contribution in [1.82, 2.24) is 5.32 Å². The van der Waals surface area contributed by atoms with Gasteiger partial charge in [-0.2, -0.15) is 5.26 Å². The molecule has 0 heterocycles. The van der Waals surface area contributed by atoms with Gasteiger partial charge in [0.25, 0.3) is 0 Å². The number of amides is 1. The van der Waals surface area contributed by atoms with Crippen LogP contribution in [0.3, 0.4) is 0 Å². The highest BCUT2D eigenvalue weighted by Crippen LogP contribution is 2.23. The number of carbonyl (C=O) groups is 1. The first-order chi connectivity index (χ1) is 9.20. The van der Waals surface area contributed by atoms with E-state index in [1.54, 1.807) is 0 Å². The Bertz CT molecular complexity index is 484. The minimum Gasteiger partial charge on any atom is -0.353 e. The number of carbonyl (C=O) groups excluding carboxylic acids is 1. The largest absolute Gasteiger partial charge is 0.353 e. The molecule has 1 aromatic rings. The molecule has 1 atom stereocenters. The van der Waals surface area contributed by atoms with Gasteiger partial charge < -0.3 is 5.32 Å². The van der Waals surface area contributed by atoms with E-state index >= 15 is 0 Å². The minimum atomic E-state index is -0.345. The lowest BCUT2D eigenvalue weighted by Gasteiger charge is -2.15. The number of nitrogens with zero attached hydrogens (tertiary/aromatic N) is 1. The molecule has 1 aromatic carbocycles. The first kappa shape index (κ1) is 13.6. The summed E-state index contributed by atoms with van der Waals surface area (Å²) in [5.41, 5.74) is 2.04. The van der Waals surface area contributed by atoms with Gasteiger partial charge in [-0.15, -0.1) is 0 Å². The van der Waals surface area contributed by atoms with E-state index in [1.165, 1.54) is 12.8 Å². The van der Waals surface area contributed by atoms with E-state index in [0.29, 0.717) is 6.04 Å². The third-order valence-electron chi connectivity index (χ3n) is 3.83. The van der Waals surface area contributed by atoms with E-state index in [4.69, 9.17) is 0 Å². The molecular weight excluding hydrogens is 236 g/mol. The van der Waals surface area contributed by atoms with E-state index in [1.807, 2.05) is 31.2 Å². The topological polar surface area (TPSA) is 52.9 Å². The molecule has 19 heavy (non-hydrogen) atoms. The van der Waals surface area contributed by atoms with Gasteiger partial charge in [0.05, 0.1) is 12.0 Å². The van der Waals surface area contributed by atoms with E-state index in [9.17, 15) is 10.1 Å². The average Bonchev–Trinajstić information content (AvgIpc) is 2.89. The van der Waals surface area contributed by atoms with Gasteiger partial charge in [0.15, 0.2) is 0 Å². The molecule has 0 aromatic heterocycles. The molecule has 1 aliphatic rings. The van der Waals surface area contributed by atoms with E-state index < -0.39 is 0 Å². The molecule has 1 saturated carbocycles. The van der Waals surface area contributed by atoms with Crippen LogP contribution in [0.1, 0.15) is 49.1 Å². The molecule has 1 amide bonds. The standard InChI is InChI=1S/C16H20N2O/c1-12-6-2-5-9-15(12)13(11-17)10-16(19)18-14-7-3-4-8-14/h2,5-6,9,13-14H,3-4,7-8,10H2,1H3,(H,18,19). The van der Waals surface area contributed by atoms with Crippen LogP contribution in [-0.4, -0.2) is 11.9 Å². The summed E-state index contributed by atoms with van der Waals surface area (Å²) in [4.78, 5) is 12.0. The fourth-order valence-corrected chi connectivity index (χ4v) is 2.75. The Labute approximate surface area is 114 Å². The van der Waals surface area contributed by atoms with Crippen molar-refractivity contribution in [3.63, 3.8) is 0 Å². The van der Waals surface area contributed by atoms with Crippen molar-refractivity contribution in [3.05, 3.63) is 35.4 Å². The molecule has 0 radical (unpaired) electrons. The van der Waals surface area contributed by atoms with Gasteiger partial charge in [0, 0.05) is 12.5 Å². The van der Waals surface area contributed by atoms with E-state index in [-0.39, 0.29) is 18.2 Å². The molecule has 2 rings (SSSR count). The predicted octanol–water partition coefficient (Wildman–Crippen LogP) is 3.05. The van der Waals surface area contributed by atoms with Crippen molar-refractivity contribution in [2.75, 3.05) is 0 Å². The van der Waals surface area contributed by atoms with Crippen LogP contribution in [0, 0.1) is 18.3 Å². The van der Waals surface area contributed by atoms with Crippen molar-refractivity contribution in [3.8, 4) is 6.07 Å². The molecule has 1 fully saturated rings. The maximum Gasteiger partial charge on any atom is 0.221 e. The van der Waals surface area contributed by atoms with Gasteiger partial charge in [-0.1, -0.05) is 37.1 Å². The number of rotatable bonds is 4. The normalized spacial score (nSPS) is 16.8. The molecule has 3 nitrogen and oxygen atoms in total. The second kappa shape index (κ2) is 6.38. The fourth-order valence-electron chi connectivity index (χ4n) is 2.75. The van der Waals surface area contributed by atoms with Crippen LogP contribution in [0.15, 0.2) is 24.3 Å². The van der Waals surface area contributed by atoms with Crippen LogP contribution in [0.4, 0.5) is 0 Å². The quantitative estimate of drug-likeness (QED) is 0.900. The third-order valence-corrected chi connectivity index (χ3v) is 3.83. The van der Waals surface area contributed by atoms with Crippen molar-refractivity contribution in [1.29, 1.82) is 5.26 Å². The maximum absolute atomic E-state index is 12.0. The second-order valence-electron chi connectivity index (χ2n) is 5.29. The zero-order chi connectivity index (χ0) is 13.7. The molecule has 0 saturated heterocycles. The highest BCUT2D eigenvalue weighted by molar-refractivity contribution is 5.77. The molecule has 1 N–H and O–H groups in total. The van der Waals surface area contributed by atoms with Crippen molar-refractivity contribution in [2.45, 2.75) is 51.0 Å². The Hall–Kier alpha value is -1.82. The lowest BCUT2D eigenvalue weighted by atomic mass is 9.93. The van der Waals surface area contributed by atoms with E-state index in [0.717, 1.165) is 24.0 Å². The molecule has 0 bridgehead atoms. The van der Waals surface area contributed by atoms with E-state index in [2.05, 4.69) is 11.4 Å². The van der Waals surface area contributed by atoms with Gasteiger partial charge in [0.1, 0.15) is 0 Å². The summed E-state index contributed by atoms with van der Waals surface area (Å²) in [6.07, 6.45) is 4.81. The summed E-state index contributed by atoms with van der Waals surface area (Å²) in [6, 6.07) is 10.4. The Morgan fingerprint density at radius 2 is 2.11 bits per heavy atom. The molecule has 1 unspecified atom stereocenters. The Morgan fingerprint density at radius 3 is 2.74 bits per heavy atom. The Balaban J connectivity index is 1.97. The van der Waals surface area contributed by atoms with Gasteiger partial charge in [-0.3, -0.25) is 4.79 Å². The number of aryl methyl sites for hydroxylation is 1. The first-order valence-corrected chi connectivity index (χ1v) is 6.95. The zero-order valence-electron chi connectivity index (χ0n) is 11.4. The minimum absolute atomic E-state index is 0.00158. The Morgan fingerprint density at radius 1 is 1.42 bits per heavy atom. The SMILES string of the molecule is Cc1ccccc1C(C#N)CC(=O)NC1CCCC1. The molecule has 0 spiro atoms. The maximum atomic E-state index is 12.0. The second-order valence-corrected chi connectivity index (χ2v) is 5.29. The highest BCUT2D eigenvalue weighted by atomic mass is 16.1. The number of nitrogens with one attached hydrogen (secondary N) is 1. The molecule has 3 heteroatoms.